The van der Waals surface area contributed by atoms with Crippen LogP contribution in [0.25, 0.3) is 0 Å². The van der Waals surface area contributed by atoms with E-state index in [1.54, 1.807) is 16.9 Å². The highest BCUT2D eigenvalue weighted by atomic mass is 127. The van der Waals surface area contributed by atoms with Crippen molar-refractivity contribution in [2.75, 3.05) is 26.2 Å². The molecule has 8 nitrogen and oxygen atoms in total. The molecule has 29 heavy (non-hydrogen) atoms. The van der Waals surface area contributed by atoms with Gasteiger partial charge in [0.15, 0.2) is 5.96 Å². The summed E-state index contributed by atoms with van der Waals surface area (Å²) in [7, 11) is -1.49. The molecule has 0 bridgehead atoms. The van der Waals surface area contributed by atoms with Crippen LogP contribution in [0.3, 0.4) is 0 Å². The van der Waals surface area contributed by atoms with Crippen molar-refractivity contribution in [1.29, 1.82) is 0 Å². The van der Waals surface area contributed by atoms with Crippen molar-refractivity contribution in [3.8, 4) is 0 Å². The van der Waals surface area contributed by atoms with Crippen LogP contribution in [0.1, 0.15) is 31.3 Å². The molecule has 2 N–H and O–H groups in total. The molecule has 11 heteroatoms. The summed E-state index contributed by atoms with van der Waals surface area (Å²) in [6, 6.07) is 5.54. The van der Waals surface area contributed by atoms with Gasteiger partial charge < -0.3 is 10.6 Å². The Morgan fingerprint density at radius 1 is 1.21 bits per heavy atom. The van der Waals surface area contributed by atoms with Gasteiger partial charge in [-0.15, -0.1) is 35.3 Å². The molecule has 0 aliphatic carbocycles. The van der Waals surface area contributed by atoms with Gasteiger partial charge in [-0.2, -0.15) is 9.40 Å². The quantitative estimate of drug-likeness (QED) is 0.268. The predicted octanol–water partition coefficient (Wildman–Crippen LogP) is 2.43. The van der Waals surface area contributed by atoms with E-state index in [1.165, 1.54) is 15.6 Å². The fourth-order valence-corrected chi connectivity index (χ4v) is 5.65. The second kappa shape index (κ2) is 12.5. The zero-order chi connectivity index (χ0) is 20.6. The molecule has 0 aliphatic heterocycles. The smallest absolute Gasteiger partial charge is 0.252 e. The fourth-order valence-electron chi connectivity index (χ4n) is 2.68. The van der Waals surface area contributed by atoms with Crippen LogP contribution in [0.5, 0.6) is 0 Å². The van der Waals surface area contributed by atoms with Crippen molar-refractivity contribution < 1.29 is 8.42 Å². The number of thiophene rings is 1. The van der Waals surface area contributed by atoms with Gasteiger partial charge in [0.2, 0.25) is 0 Å². The van der Waals surface area contributed by atoms with E-state index in [0.717, 1.165) is 29.5 Å². The molecule has 2 aromatic heterocycles. The lowest BCUT2D eigenvalue weighted by molar-refractivity contribution is 0.447. The Kier molecular flexibility index (Phi) is 11.1. The van der Waals surface area contributed by atoms with E-state index in [4.69, 9.17) is 0 Å². The van der Waals surface area contributed by atoms with Gasteiger partial charge in [-0.3, -0.25) is 4.68 Å². The van der Waals surface area contributed by atoms with E-state index in [1.807, 2.05) is 40.0 Å². The molecule has 0 saturated carbocycles. The maximum absolute atomic E-state index is 12.6. The molecule has 0 aliphatic rings. The number of aromatic nitrogens is 2. The number of aliphatic imine (C=N–C) groups is 1. The van der Waals surface area contributed by atoms with Crippen LogP contribution in [0, 0.1) is 0 Å². The number of nitrogens with zero attached hydrogens (tertiary/aromatic N) is 4. The number of aryl methyl sites for hydroxylation is 1. The van der Waals surface area contributed by atoms with Crippen molar-refractivity contribution in [3.05, 3.63) is 35.0 Å². The Labute approximate surface area is 194 Å². The first-order valence-corrected chi connectivity index (χ1v) is 11.8. The molecule has 2 rings (SSSR count). The first-order chi connectivity index (χ1) is 13.4. The molecule has 0 aromatic carbocycles. The van der Waals surface area contributed by atoms with Crippen molar-refractivity contribution >= 4 is 51.3 Å². The summed E-state index contributed by atoms with van der Waals surface area (Å²) >= 11 is 1.34. The molecule has 164 valence electrons. The minimum absolute atomic E-state index is 0. The average Bonchev–Trinajstić information content (AvgIpc) is 3.30. The van der Waals surface area contributed by atoms with Gasteiger partial charge >= 0.3 is 0 Å². The van der Waals surface area contributed by atoms with Gasteiger partial charge in [0, 0.05) is 44.3 Å². The number of hydrogen-bond donors (Lipinski definition) is 2. The zero-order valence-electron chi connectivity index (χ0n) is 17.4. The summed E-state index contributed by atoms with van der Waals surface area (Å²) in [5.74, 6) is 0.733. The summed E-state index contributed by atoms with van der Waals surface area (Å²) in [5, 5.41) is 10.7. The van der Waals surface area contributed by atoms with Crippen LogP contribution in [0.15, 0.2) is 33.6 Å². The fraction of sp³-hybridized carbons (Fsp3) is 0.556. The van der Waals surface area contributed by atoms with Gasteiger partial charge in [0.05, 0.1) is 12.2 Å². The summed E-state index contributed by atoms with van der Waals surface area (Å²) in [6.45, 7) is 8.66. The highest BCUT2D eigenvalue weighted by molar-refractivity contribution is 14.0. The number of nitrogens with one attached hydrogen (secondary N) is 2. The van der Waals surface area contributed by atoms with Crippen LogP contribution in [0.2, 0.25) is 0 Å². The molecule has 0 atom stereocenters. The third-order valence-corrected chi connectivity index (χ3v) is 7.93. The lowest BCUT2D eigenvalue weighted by Gasteiger charge is -2.16. The lowest BCUT2D eigenvalue weighted by atomic mass is 10.3. The Morgan fingerprint density at radius 2 is 1.93 bits per heavy atom. The molecular formula is C18H31IN6O2S2. The SMILES string of the molecule is CCNC(=NCc1ccnn1C)NCCc1ccc(S(=O)(=O)N(CC)CC)s1.I. The molecular weight excluding hydrogens is 523 g/mol. The Bertz CT molecular complexity index is 875. The van der Waals surface area contributed by atoms with Gasteiger partial charge in [-0.1, -0.05) is 13.8 Å². The minimum atomic E-state index is -3.38. The number of hydrogen-bond acceptors (Lipinski definition) is 5. The summed E-state index contributed by atoms with van der Waals surface area (Å²) in [4.78, 5) is 5.60. The zero-order valence-corrected chi connectivity index (χ0v) is 21.3. The summed E-state index contributed by atoms with van der Waals surface area (Å²) in [6.07, 6.45) is 2.49. The maximum Gasteiger partial charge on any atom is 0.252 e. The highest BCUT2D eigenvalue weighted by Gasteiger charge is 2.23. The van der Waals surface area contributed by atoms with Gasteiger partial charge in [0.25, 0.3) is 10.0 Å². The van der Waals surface area contributed by atoms with Gasteiger partial charge in [-0.25, -0.2) is 13.4 Å². The molecule has 0 radical (unpaired) electrons. The number of sulfonamides is 1. The standard InChI is InChI=1S/C18H30N6O2S2.HI/c1-5-19-18(21-14-15-10-13-22-23(15)4)20-12-11-16-8-9-17(27-16)28(25,26)24(6-2)7-3;/h8-10,13H,5-7,11-12,14H2,1-4H3,(H2,19,20,21);1H. The molecule has 2 aromatic rings. The van der Waals surface area contributed by atoms with Crippen LogP contribution in [-0.2, 0) is 30.0 Å². The van der Waals surface area contributed by atoms with E-state index in [-0.39, 0.29) is 24.0 Å². The van der Waals surface area contributed by atoms with Crippen molar-refractivity contribution in [2.24, 2.45) is 12.0 Å². The van der Waals surface area contributed by atoms with Crippen LogP contribution in [-0.4, -0.2) is 54.6 Å². The van der Waals surface area contributed by atoms with E-state index >= 15 is 0 Å². The predicted molar refractivity (Wildman–Crippen MR) is 130 cm³/mol. The van der Waals surface area contributed by atoms with E-state index < -0.39 is 10.0 Å². The monoisotopic (exact) mass is 554 g/mol. The van der Waals surface area contributed by atoms with E-state index in [9.17, 15) is 8.42 Å². The summed E-state index contributed by atoms with van der Waals surface area (Å²) < 4.78 is 28.9. The highest BCUT2D eigenvalue weighted by Crippen LogP contribution is 2.25. The van der Waals surface area contributed by atoms with Crippen LogP contribution < -0.4 is 10.6 Å². The molecule has 0 fully saturated rings. The molecule has 0 amide bonds. The molecule has 0 saturated heterocycles. The van der Waals surface area contributed by atoms with Gasteiger partial charge in [-0.05, 0) is 31.5 Å². The second-order valence-corrected chi connectivity index (χ2v) is 9.46. The topological polar surface area (TPSA) is 91.6 Å². The Hall–Kier alpha value is -1.18. The molecule has 2 heterocycles. The third-order valence-electron chi connectivity index (χ3n) is 4.27. The lowest BCUT2D eigenvalue weighted by Crippen LogP contribution is -2.38. The third kappa shape index (κ3) is 7.23. The van der Waals surface area contributed by atoms with Crippen molar-refractivity contribution in [1.82, 2.24) is 24.7 Å². The molecule has 0 spiro atoms. The summed E-state index contributed by atoms with van der Waals surface area (Å²) in [5.41, 5.74) is 1.03. The van der Waals surface area contributed by atoms with Crippen molar-refractivity contribution in [2.45, 2.75) is 37.9 Å². The van der Waals surface area contributed by atoms with Crippen molar-refractivity contribution in [3.63, 3.8) is 0 Å². The van der Waals surface area contributed by atoms with Gasteiger partial charge in [0.1, 0.15) is 4.21 Å². The largest absolute Gasteiger partial charge is 0.357 e. The number of guanidine groups is 1. The average molecular weight is 555 g/mol. The minimum Gasteiger partial charge on any atom is -0.357 e. The van der Waals surface area contributed by atoms with Crippen LogP contribution in [0.4, 0.5) is 0 Å². The van der Waals surface area contributed by atoms with E-state index in [0.29, 0.717) is 30.4 Å². The Morgan fingerprint density at radius 3 is 2.52 bits per heavy atom. The Balaban J connectivity index is 0.00000420. The number of halogens is 1. The second-order valence-electron chi connectivity index (χ2n) is 6.13. The normalized spacial score (nSPS) is 12.1. The van der Waals surface area contributed by atoms with Crippen LogP contribution >= 0.6 is 35.3 Å². The number of rotatable bonds is 10. The molecule has 0 unspecified atom stereocenters. The first-order valence-electron chi connectivity index (χ1n) is 9.50. The first kappa shape index (κ1) is 25.9. The van der Waals surface area contributed by atoms with E-state index in [2.05, 4.69) is 20.7 Å². The maximum atomic E-state index is 12.6.